The maximum atomic E-state index is 13.7. The lowest BCUT2D eigenvalue weighted by atomic mass is 9.75. The number of halogens is 1. The molecule has 0 atom stereocenters. The first-order valence-electron chi connectivity index (χ1n) is 15.5. The number of hydrogen-bond donors (Lipinski definition) is 3. The number of ether oxygens (including phenoxy) is 1. The van der Waals surface area contributed by atoms with Crippen LogP contribution in [0.3, 0.4) is 0 Å². The molecule has 2 fully saturated rings. The van der Waals surface area contributed by atoms with Gasteiger partial charge in [-0.2, -0.15) is 0 Å². The lowest BCUT2D eigenvalue weighted by Gasteiger charge is -2.40. The van der Waals surface area contributed by atoms with Gasteiger partial charge in [-0.05, 0) is 68.7 Å². The summed E-state index contributed by atoms with van der Waals surface area (Å²) in [5.74, 6) is -0.231. The number of fused-ring (bicyclic) bond motifs is 1. The van der Waals surface area contributed by atoms with Crippen LogP contribution in [0.15, 0.2) is 48.9 Å². The Morgan fingerprint density at radius 1 is 1.09 bits per heavy atom. The molecule has 2 aliphatic rings. The summed E-state index contributed by atoms with van der Waals surface area (Å²) in [7, 11) is 1.96. The van der Waals surface area contributed by atoms with Crippen LogP contribution >= 0.6 is 11.6 Å². The predicted octanol–water partition coefficient (Wildman–Crippen LogP) is 6.13. The number of benzene rings is 1. The molecule has 4 aromatic rings. The minimum atomic E-state index is -1.10. The molecule has 0 aliphatic heterocycles. The Bertz CT molecular complexity index is 1840. The first-order valence-corrected chi connectivity index (χ1v) is 15.8. The molecule has 6 rings (SSSR count). The number of aromatic nitrogens is 4. The molecule has 0 saturated heterocycles. The highest BCUT2D eigenvalue weighted by molar-refractivity contribution is 6.30. The van der Waals surface area contributed by atoms with Gasteiger partial charge in [0.25, 0.3) is 11.8 Å². The topological polar surface area (TPSA) is 148 Å². The Balaban J connectivity index is 1.26. The number of carboxylic acids is 1. The second-order valence-corrected chi connectivity index (χ2v) is 12.3. The van der Waals surface area contributed by atoms with E-state index in [2.05, 4.69) is 25.6 Å². The Morgan fingerprint density at radius 2 is 1.83 bits per heavy atom. The van der Waals surface area contributed by atoms with Gasteiger partial charge in [0, 0.05) is 59.8 Å². The van der Waals surface area contributed by atoms with Crippen molar-refractivity contribution in [3.63, 3.8) is 0 Å². The van der Waals surface area contributed by atoms with Crippen LogP contribution in [-0.4, -0.2) is 54.6 Å². The average Bonchev–Trinajstić information content (AvgIpc) is 3.65. The fourth-order valence-electron chi connectivity index (χ4n) is 6.49. The summed E-state index contributed by atoms with van der Waals surface area (Å²) in [4.78, 5) is 51.6. The first-order chi connectivity index (χ1) is 22.2. The third-order valence-corrected chi connectivity index (χ3v) is 9.13. The highest BCUT2D eigenvalue weighted by Gasteiger charge is 2.46. The van der Waals surface area contributed by atoms with Crippen molar-refractivity contribution in [1.82, 2.24) is 24.8 Å². The van der Waals surface area contributed by atoms with E-state index in [9.17, 15) is 14.4 Å². The molecule has 1 aromatic carbocycles. The fraction of sp³-hybridized carbons (Fsp3) is 0.353. The molecule has 238 valence electrons. The van der Waals surface area contributed by atoms with E-state index in [-0.39, 0.29) is 17.6 Å². The molecule has 2 saturated carbocycles. The number of nitrogens with zero attached hydrogens (tertiary/aromatic N) is 4. The third kappa shape index (κ3) is 6.06. The molecule has 0 unspecified atom stereocenters. The zero-order valence-electron chi connectivity index (χ0n) is 25.7. The van der Waals surface area contributed by atoms with Gasteiger partial charge in [0.1, 0.15) is 17.1 Å². The summed E-state index contributed by atoms with van der Waals surface area (Å²) in [6.45, 7) is 2.14. The number of pyridine rings is 1. The van der Waals surface area contributed by atoms with Crippen LogP contribution in [0.2, 0.25) is 5.02 Å². The van der Waals surface area contributed by atoms with Crippen molar-refractivity contribution in [3.05, 3.63) is 70.6 Å². The molecule has 2 amide bonds. The van der Waals surface area contributed by atoms with Crippen LogP contribution in [0.5, 0.6) is 5.75 Å². The molecule has 0 spiro atoms. The predicted molar refractivity (Wildman–Crippen MR) is 175 cm³/mol. The lowest BCUT2D eigenvalue weighted by molar-refractivity contribution is -0.131. The van der Waals surface area contributed by atoms with Crippen LogP contribution in [0.1, 0.15) is 79.3 Å². The monoisotopic (exact) mass is 642 g/mol. The Labute approximate surface area is 271 Å². The maximum Gasteiger partial charge on any atom is 0.328 e. The number of carbonyl (C=O) groups excluding carboxylic acids is 2. The lowest BCUT2D eigenvalue weighted by Crippen LogP contribution is -2.61. The molecule has 0 bridgehead atoms. The summed E-state index contributed by atoms with van der Waals surface area (Å²) >= 11 is 6.09. The zero-order valence-corrected chi connectivity index (χ0v) is 26.4. The van der Waals surface area contributed by atoms with Crippen LogP contribution < -0.4 is 15.4 Å². The summed E-state index contributed by atoms with van der Waals surface area (Å²) < 4.78 is 7.69. The minimum absolute atomic E-state index is 0.239. The summed E-state index contributed by atoms with van der Waals surface area (Å²) in [6.07, 6.45) is 13.3. The number of aryl methyl sites for hydroxylation is 1. The van der Waals surface area contributed by atoms with E-state index >= 15 is 0 Å². The van der Waals surface area contributed by atoms with Crippen LogP contribution in [0.4, 0.5) is 5.82 Å². The van der Waals surface area contributed by atoms with E-state index in [0.717, 1.165) is 41.9 Å². The Kier molecular flexibility index (Phi) is 8.77. The van der Waals surface area contributed by atoms with Gasteiger partial charge >= 0.3 is 5.97 Å². The normalized spacial score (nSPS) is 16.0. The van der Waals surface area contributed by atoms with E-state index < -0.39 is 11.5 Å². The molecule has 2 aliphatic carbocycles. The van der Waals surface area contributed by atoms with Crippen LogP contribution in [0.25, 0.3) is 28.5 Å². The first kappa shape index (κ1) is 31.2. The molecule has 3 heterocycles. The van der Waals surface area contributed by atoms with Crippen molar-refractivity contribution in [3.8, 4) is 17.3 Å². The Hall–Kier alpha value is -4.77. The molecule has 11 nitrogen and oxygen atoms in total. The number of hydrogen-bond acceptors (Lipinski definition) is 7. The summed E-state index contributed by atoms with van der Waals surface area (Å²) in [5.41, 5.74) is 2.83. The largest absolute Gasteiger partial charge is 0.493 e. The van der Waals surface area contributed by atoms with E-state index in [1.165, 1.54) is 30.7 Å². The molecule has 3 N–H and O–H groups in total. The molecule has 12 heteroatoms. The molecule has 3 aromatic heterocycles. The standard InChI is InChI=1S/C34H35ClN6O5/c1-3-46-26-16-27(36-17-22(26)10-12-28(42)43)39-33(45)34(13-6-14-34)40-32(44)21-9-11-24-25(15-21)41(2)30(29(24)20-7-4-5-8-20)31-37-18-23(35)19-38-31/h9-12,15-20H,3-8,13-14H2,1-2H3,(H,40,44)(H,42,43)(H,36,39,45)/b12-10+. The number of carbonyl (C=O) groups is 3. The number of amides is 2. The molecular weight excluding hydrogens is 608 g/mol. The van der Waals surface area contributed by atoms with Gasteiger partial charge in [-0.3, -0.25) is 9.59 Å². The quantitative estimate of drug-likeness (QED) is 0.175. The van der Waals surface area contributed by atoms with E-state index in [1.807, 2.05) is 29.8 Å². The van der Waals surface area contributed by atoms with Crippen molar-refractivity contribution < 1.29 is 24.2 Å². The van der Waals surface area contributed by atoms with Gasteiger partial charge in [0.05, 0.1) is 17.3 Å². The number of carboxylic acid groups (broad SMARTS) is 1. The van der Waals surface area contributed by atoms with Gasteiger partial charge in [-0.15, -0.1) is 0 Å². The van der Waals surface area contributed by atoms with E-state index in [1.54, 1.807) is 25.4 Å². The van der Waals surface area contributed by atoms with Crippen molar-refractivity contribution >= 4 is 52.2 Å². The SMILES string of the molecule is CCOc1cc(NC(=O)C2(NC(=O)c3ccc4c(C5CCCC5)c(-c5ncc(Cl)cn5)n(C)c4c3)CCC2)ncc1/C=C/C(=O)O. The van der Waals surface area contributed by atoms with Gasteiger partial charge in [-0.25, -0.2) is 19.7 Å². The second-order valence-electron chi connectivity index (χ2n) is 11.8. The molecule has 0 radical (unpaired) electrons. The van der Waals surface area contributed by atoms with Gasteiger partial charge < -0.3 is 25.0 Å². The van der Waals surface area contributed by atoms with Crippen LogP contribution in [-0.2, 0) is 16.6 Å². The van der Waals surface area contributed by atoms with E-state index in [4.69, 9.17) is 21.4 Å². The number of rotatable bonds is 10. The van der Waals surface area contributed by atoms with Crippen molar-refractivity contribution in [2.45, 2.75) is 63.3 Å². The highest BCUT2D eigenvalue weighted by atomic mass is 35.5. The number of anilines is 1. The summed E-state index contributed by atoms with van der Waals surface area (Å²) in [5, 5.41) is 16.3. The van der Waals surface area contributed by atoms with Crippen molar-refractivity contribution in [2.24, 2.45) is 7.05 Å². The van der Waals surface area contributed by atoms with Crippen LogP contribution in [0, 0.1) is 0 Å². The zero-order chi connectivity index (χ0) is 32.4. The van der Waals surface area contributed by atoms with E-state index in [0.29, 0.717) is 53.1 Å². The molecule has 46 heavy (non-hydrogen) atoms. The number of nitrogens with one attached hydrogen (secondary N) is 2. The third-order valence-electron chi connectivity index (χ3n) is 8.93. The smallest absolute Gasteiger partial charge is 0.328 e. The minimum Gasteiger partial charge on any atom is -0.493 e. The number of aliphatic carboxylic acids is 1. The second kappa shape index (κ2) is 12.9. The Morgan fingerprint density at radius 3 is 2.48 bits per heavy atom. The van der Waals surface area contributed by atoms with Gasteiger partial charge in [0.15, 0.2) is 5.82 Å². The van der Waals surface area contributed by atoms with Gasteiger partial charge in [0.2, 0.25) is 0 Å². The van der Waals surface area contributed by atoms with Crippen molar-refractivity contribution in [1.29, 1.82) is 0 Å². The fourth-order valence-corrected chi connectivity index (χ4v) is 6.58. The van der Waals surface area contributed by atoms with Gasteiger partial charge in [-0.1, -0.05) is 30.5 Å². The summed E-state index contributed by atoms with van der Waals surface area (Å²) in [6, 6.07) is 7.22. The molecular formula is C34H35ClN6O5. The van der Waals surface area contributed by atoms with Crippen molar-refractivity contribution in [2.75, 3.05) is 11.9 Å². The average molecular weight is 643 g/mol. The highest BCUT2D eigenvalue weighted by Crippen LogP contribution is 2.44. The maximum absolute atomic E-state index is 13.7.